The van der Waals surface area contributed by atoms with Gasteiger partial charge in [-0.3, -0.25) is 4.79 Å². The minimum atomic E-state index is -0.0480. The van der Waals surface area contributed by atoms with E-state index < -0.39 is 0 Å². The maximum absolute atomic E-state index is 11.7. The molecule has 0 fully saturated rings. The Bertz CT molecular complexity index is 368. The molecule has 1 aromatic rings. The fourth-order valence-electron chi connectivity index (χ4n) is 1.53. The number of rotatable bonds is 10. The van der Waals surface area contributed by atoms with Crippen LogP contribution in [0.2, 0.25) is 0 Å². The molecule has 2 N–H and O–H groups in total. The van der Waals surface area contributed by atoms with Gasteiger partial charge >= 0.3 is 0 Å². The number of nitrogens with zero attached hydrogens (tertiary/aromatic N) is 2. The highest BCUT2D eigenvalue weighted by Gasteiger charge is 2.06. The molecule has 0 unspecified atom stereocenters. The summed E-state index contributed by atoms with van der Waals surface area (Å²) in [5.74, 6) is 0.784. The Morgan fingerprint density at radius 3 is 2.79 bits per heavy atom. The molecule has 0 spiro atoms. The molecular weight excluding hydrogens is 248 g/mol. The maximum atomic E-state index is 11.7. The SMILES string of the molecule is COCCNCc1nccn1CC(=O)NCCOC. The fraction of sp³-hybridized carbons (Fsp3) is 0.667. The van der Waals surface area contributed by atoms with E-state index in [0.717, 1.165) is 12.4 Å². The summed E-state index contributed by atoms with van der Waals surface area (Å²) in [5, 5.41) is 5.97. The van der Waals surface area contributed by atoms with E-state index in [1.54, 1.807) is 26.6 Å². The minimum absolute atomic E-state index is 0.0480. The van der Waals surface area contributed by atoms with Gasteiger partial charge in [-0.05, 0) is 0 Å². The van der Waals surface area contributed by atoms with E-state index >= 15 is 0 Å². The lowest BCUT2D eigenvalue weighted by Gasteiger charge is -2.09. The van der Waals surface area contributed by atoms with Crippen LogP contribution >= 0.6 is 0 Å². The summed E-state index contributed by atoms with van der Waals surface area (Å²) < 4.78 is 11.6. The lowest BCUT2D eigenvalue weighted by atomic mass is 10.5. The van der Waals surface area contributed by atoms with Crippen LogP contribution in [0.4, 0.5) is 0 Å². The van der Waals surface area contributed by atoms with Crippen molar-refractivity contribution in [2.75, 3.05) is 40.5 Å². The Hall–Kier alpha value is -1.44. The first-order valence-electron chi connectivity index (χ1n) is 6.23. The highest BCUT2D eigenvalue weighted by atomic mass is 16.5. The van der Waals surface area contributed by atoms with Gasteiger partial charge in [-0.2, -0.15) is 0 Å². The Morgan fingerprint density at radius 1 is 1.32 bits per heavy atom. The Kier molecular flexibility index (Phi) is 7.80. The summed E-state index contributed by atoms with van der Waals surface area (Å²) in [6.45, 7) is 3.32. The molecule has 7 heteroatoms. The van der Waals surface area contributed by atoms with Gasteiger partial charge in [0, 0.05) is 39.7 Å². The predicted octanol–water partition coefficient (Wildman–Crippen LogP) is -0.618. The zero-order valence-corrected chi connectivity index (χ0v) is 11.5. The summed E-state index contributed by atoms with van der Waals surface area (Å²) in [4.78, 5) is 15.9. The van der Waals surface area contributed by atoms with Crippen LogP contribution in [-0.2, 0) is 27.4 Å². The standard InChI is InChI=1S/C12H22N4O3/c1-18-7-4-13-9-11-14-3-6-16(11)10-12(17)15-5-8-19-2/h3,6,13H,4-5,7-10H2,1-2H3,(H,15,17). The zero-order valence-electron chi connectivity index (χ0n) is 11.5. The quantitative estimate of drug-likeness (QED) is 0.554. The number of carbonyl (C=O) groups excluding carboxylic acids is 1. The molecule has 19 heavy (non-hydrogen) atoms. The number of hydrogen-bond acceptors (Lipinski definition) is 5. The van der Waals surface area contributed by atoms with Crippen molar-refractivity contribution >= 4 is 5.91 Å². The average molecular weight is 270 g/mol. The number of carbonyl (C=O) groups is 1. The molecule has 1 aromatic heterocycles. The van der Waals surface area contributed by atoms with Crippen LogP contribution in [0, 0.1) is 0 Å². The van der Waals surface area contributed by atoms with Crippen LogP contribution in [0.5, 0.6) is 0 Å². The zero-order chi connectivity index (χ0) is 13.9. The summed E-state index contributed by atoms with van der Waals surface area (Å²) >= 11 is 0. The number of hydrogen-bond donors (Lipinski definition) is 2. The molecule has 1 rings (SSSR count). The topological polar surface area (TPSA) is 77.4 Å². The van der Waals surface area contributed by atoms with E-state index in [0.29, 0.717) is 26.3 Å². The third-order valence-corrected chi connectivity index (χ3v) is 2.51. The summed E-state index contributed by atoms with van der Waals surface area (Å²) in [6, 6.07) is 0. The normalized spacial score (nSPS) is 10.6. The van der Waals surface area contributed by atoms with Crippen LogP contribution in [0.3, 0.4) is 0 Å². The van der Waals surface area contributed by atoms with Crippen molar-refractivity contribution in [1.29, 1.82) is 0 Å². The number of aromatic nitrogens is 2. The second kappa shape index (κ2) is 9.48. The van der Waals surface area contributed by atoms with Crippen molar-refractivity contribution in [3.8, 4) is 0 Å². The minimum Gasteiger partial charge on any atom is -0.383 e. The molecule has 1 heterocycles. The van der Waals surface area contributed by atoms with Crippen molar-refractivity contribution in [3.63, 3.8) is 0 Å². The van der Waals surface area contributed by atoms with Gasteiger partial charge in [0.25, 0.3) is 0 Å². The third-order valence-electron chi connectivity index (χ3n) is 2.51. The molecule has 0 radical (unpaired) electrons. The predicted molar refractivity (Wildman–Crippen MR) is 70.7 cm³/mol. The molecule has 108 valence electrons. The van der Waals surface area contributed by atoms with Crippen molar-refractivity contribution in [3.05, 3.63) is 18.2 Å². The average Bonchev–Trinajstić information content (AvgIpc) is 2.82. The van der Waals surface area contributed by atoms with E-state index in [1.165, 1.54) is 0 Å². The van der Waals surface area contributed by atoms with E-state index in [4.69, 9.17) is 9.47 Å². The maximum Gasteiger partial charge on any atom is 0.240 e. The van der Waals surface area contributed by atoms with E-state index in [1.807, 2.05) is 4.57 Å². The molecule has 0 atom stereocenters. The molecule has 0 aliphatic heterocycles. The fourth-order valence-corrected chi connectivity index (χ4v) is 1.53. The first kappa shape index (κ1) is 15.6. The first-order chi connectivity index (χ1) is 9.27. The first-order valence-corrected chi connectivity index (χ1v) is 6.23. The number of methoxy groups -OCH3 is 2. The monoisotopic (exact) mass is 270 g/mol. The van der Waals surface area contributed by atoms with Gasteiger partial charge in [0.05, 0.1) is 19.8 Å². The number of nitrogens with one attached hydrogen (secondary N) is 2. The van der Waals surface area contributed by atoms with Crippen molar-refractivity contribution in [2.45, 2.75) is 13.1 Å². The highest BCUT2D eigenvalue weighted by Crippen LogP contribution is 1.97. The van der Waals surface area contributed by atoms with Gasteiger partial charge in [0.1, 0.15) is 12.4 Å². The van der Waals surface area contributed by atoms with Crippen molar-refractivity contribution in [2.24, 2.45) is 0 Å². The molecule has 0 saturated heterocycles. The van der Waals surface area contributed by atoms with E-state index in [2.05, 4.69) is 15.6 Å². The smallest absolute Gasteiger partial charge is 0.240 e. The molecule has 7 nitrogen and oxygen atoms in total. The molecule has 0 bridgehead atoms. The number of imidazole rings is 1. The largest absolute Gasteiger partial charge is 0.383 e. The summed E-state index contributed by atoms with van der Waals surface area (Å²) in [6.07, 6.45) is 3.49. The highest BCUT2D eigenvalue weighted by molar-refractivity contribution is 5.75. The van der Waals surface area contributed by atoms with Crippen LogP contribution in [-0.4, -0.2) is 56.0 Å². The van der Waals surface area contributed by atoms with Crippen LogP contribution in [0.15, 0.2) is 12.4 Å². The number of amides is 1. The summed E-state index contributed by atoms with van der Waals surface area (Å²) in [5.41, 5.74) is 0. The van der Waals surface area contributed by atoms with Crippen LogP contribution in [0.1, 0.15) is 5.82 Å². The molecule has 0 aliphatic carbocycles. The molecule has 0 aromatic carbocycles. The second-order valence-corrected chi connectivity index (χ2v) is 3.98. The Morgan fingerprint density at radius 2 is 2.05 bits per heavy atom. The molecule has 0 aliphatic rings. The Balaban J connectivity index is 2.33. The number of ether oxygens (including phenoxy) is 2. The lowest BCUT2D eigenvalue weighted by molar-refractivity contribution is -0.121. The van der Waals surface area contributed by atoms with Crippen LogP contribution in [0.25, 0.3) is 0 Å². The van der Waals surface area contributed by atoms with E-state index in [9.17, 15) is 4.79 Å². The van der Waals surface area contributed by atoms with Gasteiger partial charge in [0.2, 0.25) is 5.91 Å². The van der Waals surface area contributed by atoms with Crippen molar-refractivity contribution in [1.82, 2.24) is 20.2 Å². The van der Waals surface area contributed by atoms with Crippen molar-refractivity contribution < 1.29 is 14.3 Å². The van der Waals surface area contributed by atoms with Gasteiger partial charge in [0.15, 0.2) is 0 Å². The van der Waals surface area contributed by atoms with Crippen LogP contribution < -0.4 is 10.6 Å². The van der Waals surface area contributed by atoms with E-state index in [-0.39, 0.29) is 12.5 Å². The molecule has 0 saturated carbocycles. The Labute approximate surface area is 113 Å². The molecular formula is C12H22N4O3. The second-order valence-electron chi connectivity index (χ2n) is 3.98. The summed E-state index contributed by atoms with van der Waals surface area (Å²) in [7, 11) is 3.26. The van der Waals surface area contributed by atoms with Gasteiger partial charge in [-0.1, -0.05) is 0 Å². The lowest BCUT2D eigenvalue weighted by Crippen LogP contribution is -2.31. The molecule has 1 amide bonds. The third kappa shape index (κ3) is 6.32. The van der Waals surface area contributed by atoms with Gasteiger partial charge < -0.3 is 24.7 Å². The van der Waals surface area contributed by atoms with Gasteiger partial charge in [-0.15, -0.1) is 0 Å². The van der Waals surface area contributed by atoms with Gasteiger partial charge in [-0.25, -0.2) is 4.98 Å².